The minimum atomic E-state index is 0.447. The van der Waals surface area contributed by atoms with Gasteiger partial charge in [0.05, 0.1) is 0 Å². The maximum atomic E-state index is 4.94. The summed E-state index contributed by atoms with van der Waals surface area (Å²) < 4.78 is 0. The van der Waals surface area contributed by atoms with Crippen molar-refractivity contribution >= 4 is 0 Å². The predicted molar refractivity (Wildman–Crippen MR) is 104 cm³/mol. The number of hydrogen-bond donors (Lipinski definition) is 0. The highest BCUT2D eigenvalue weighted by Crippen LogP contribution is 2.63. The van der Waals surface area contributed by atoms with Crippen LogP contribution < -0.4 is 0 Å². The van der Waals surface area contributed by atoms with Crippen molar-refractivity contribution in [2.45, 2.75) is 65.2 Å². The van der Waals surface area contributed by atoms with Crippen molar-refractivity contribution in [3.8, 4) is 11.1 Å². The van der Waals surface area contributed by atoms with Gasteiger partial charge in [-0.3, -0.25) is 9.97 Å². The maximum absolute atomic E-state index is 4.94. The summed E-state index contributed by atoms with van der Waals surface area (Å²) >= 11 is 0. The molecular formula is C24H28N2. The molecule has 2 aromatic heterocycles. The molecular weight excluding hydrogens is 316 g/mol. The fourth-order valence-corrected chi connectivity index (χ4v) is 6.50. The fraction of sp³-hybridized carbons (Fsp3) is 0.583. The molecule has 0 unspecified atom stereocenters. The van der Waals surface area contributed by atoms with E-state index < -0.39 is 0 Å². The van der Waals surface area contributed by atoms with Gasteiger partial charge in [-0.1, -0.05) is 27.7 Å². The first-order chi connectivity index (χ1) is 12.4. The fourth-order valence-electron chi connectivity index (χ4n) is 6.50. The summed E-state index contributed by atoms with van der Waals surface area (Å²) in [4.78, 5) is 9.88. The van der Waals surface area contributed by atoms with Crippen molar-refractivity contribution in [3.05, 3.63) is 47.0 Å². The van der Waals surface area contributed by atoms with E-state index in [1.54, 1.807) is 0 Å². The molecule has 4 bridgehead atoms. The lowest BCUT2D eigenvalue weighted by molar-refractivity contribution is 0.0154. The van der Waals surface area contributed by atoms with E-state index in [1.807, 2.05) is 0 Å². The minimum absolute atomic E-state index is 0.447. The Morgan fingerprint density at radius 1 is 0.731 bits per heavy atom. The largest absolute Gasteiger partial charge is 0.260 e. The highest BCUT2D eigenvalue weighted by molar-refractivity contribution is 5.65. The highest BCUT2D eigenvalue weighted by Gasteiger charge is 2.54. The first-order valence-corrected chi connectivity index (χ1v) is 10.3. The van der Waals surface area contributed by atoms with Crippen molar-refractivity contribution in [2.24, 2.45) is 22.7 Å². The molecule has 2 aromatic rings. The van der Waals surface area contributed by atoms with Crippen LogP contribution in [0.5, 0.6) is 0 Å². The van der Waals surface area contributed by atoms with Gasteiger partial charge in [-0.2, -0.15) is 0 Å². The second-order valence-corrected chi connectivity index (χ2v) is 10.6. The van der Waals surface area contributed by atoms with Crippen molar-refractivity contribution in [1.29, 1.82) is 0 Å². The summed E-state index contributed by atoms with van der Waals surface area (Å²) in [5, 5.41) is 0. The van der Waals surface area contributed by atoms with Gasteiger partial charge in [0.15, 0.2) is 0 Å². The van der Waals surface area contributed by atoms with E-state index in [-0.39, 0.29) is 0 Å². The van der Waals surface area contributed by atoms with E-state index in [2.05, 4.69) is 52.2 Å². The predicted octanol–water partition coefficient (Wildman–Crippen LogP) is 5.52. The molecule has 4 atom stereocenters. The van der Waals surface area contributed by atoms with Crippen molar-refractivity contribution < 1.29 is 0 Å². The Morgan fingerprint density at radius 2 is 1.15 bits per heavy atom. The molecule has 0 aromatic carbocycles. The zero-order valence-corrected chi connectivity index (χ0v) is 16.3. The zero-order valence-electron chi connectivity index (χ0n) is 16.3. The number of rotatable bonds is 1. The summed E-state index contributed by atoms with van der Waals surface area (Å²) in [6.45, 7) is 9.68. The molecule has 0 N–H and O–H groups in total. The average Bonchev–Trinajstić information content (AvgIpc) is 2.65. The Kier molecular flexibility index (Phi) is 2.71. The monoisotopic (exact) mass is 344 g/mol. The average molecular weight is 345 g/mol. The molecule has 2 nitrogen and oxygen atoms in total. The molecule has 0 radical (unpaired) electrons. The molecule has 26 heavy (non-hydrogen) atoms. The van der Waals surface area contributed by atoms with Crippen LogP contribution >= 0.6 is 0 Å². The highest BCUT2D eigenvalue weighted by atomic mass is 14.8. The van der Waals surface area contributed by atoms with Crippen molar-refractivity contribution in [1.82, 2.24) is 9.97 Å². The van der Waals surface area contributed by atoms with Gasteiger partial charge in [0, 0.05) is 46.7 Å². The molecule has 6 aliphatic rings. The van der Waals surface area contributed by atoms with Crippen LogP contribution in [0, 0.1) is 22.7 Å². The van der Waals surface area contributed by atoms with Crippen LogP contribution in [0.25, 0.3) is 11.1 Å². The van der Waals surface area contributed by atoms with Crippen LogP contribution in [0.15, 0.2) is 24.5 Å². The number of hydrogen-bond acceptors (Lipinski definition) is 2. The first-order valence-electron chi connectivity index (χ1n) is 10.3. The number of pyridine rings is 2. The summed E-state index contributed by atoms with van der Waals surface area (Å²) in [7, 11) is 0. The Balaban J connectivity index is 1.37. The summed E-state index contributed by atoms with van der Waals surface area (Å²) in [6.07, 6.45) is 9.29. The Labute approximate surface area is 156 Å². The molecule has 134 valence electrons. The van der Waals surface area contributed by atoms with Gasteiger partial charge in [0.25, 0.3) is 0 Å². The zero-order chi connectivity index (χ0) is 17.8. The molecule has 6 aliphatic carbocycles. The molecule has 2 saturated carbocycles. The third-order valence-corrected chi connectivity index (χ3v) is 8.87. The number of nitrogens with zero attached hydrogens (tertiary/aromatic N) is 2. The Bertz CT molecular complexity index is 862. The van der Waals surface area contributed by atoms with E-state index >= 15 is 0 Å². The van der Waals surface area contributed by atoms with Gasteiger partial charge in [0.2, 0.25) is 0 Å². The second kappa shape index (κ2) is 4.58. The third-order valence-electron chi connectivity index (χ3n) is 8.87. The topological polar surface area (TPSA) is 25.8 Å². The summed E-state index contributed by atoms with van der Waals surface area (Å²) in [5.74, 6) is 3.02. The lowest BCUT2D eigenvalue weighted by atomic mass is 9.48. The first kappa shape index (κ1) is 15.4. The maximum Gasteiger partial charge on any atom is 0.0472 e. The second-order valence-electron chi connectivity index (χ2n) is 10.6. The van der Waals surface area contributed by atoms with E-state index in [4.69, 9.17) is 9.97 Å². The smallest absolute Gasteiger partial charge is 0.0472 e. The van der Waals surface area contributed by atoms with Crippen molar-refractivity contribution in [3.63, 3.8) is 0 Å². The SMILES string of the molecule is CC1(C)[C@@H]2Cc3cc(-c4cnc5c(c4)C[C@@H]4C[C@H]5C4(C)C)cnc3[C@H]1C2. The van der Waals surface area contributed by atoms with E-state index in [0.29, 0.717) is 22.7 Å². The van der Waals surface area contributed by atoms with Crippen LogP contribution in [0.3, 0.4) is 0 Å². The van der Waals surface area contributed by atoms with Crippen LogP contribution in [0.1, 0.15) is 74.9 Å². The summed E-state index contributed by atoms with van der Waals surface area (Å²) in [5.41, 5.74) is 9.14. The lowest BCUT2D eigenvalue weighted by Crippen LogP contribution is -2.48. The Hall–Kier alpha value is -1.70. The van der Waals surface area contributed by atoms with Gasteiger partial charge in [-0.25, -0.2) is 0 Å². The quantitative estimate of drug-likeness (QED) is 0.681. The van der Waals surface area contributed by atoms with Crippen molar-refractivity contribution in [2.75, 3.05) is 0 Å². The van der Waals surface area contributed by atoms with Crippen LogP contribution in [-0.4, -0.2) is 9.97 Å². The van der Waals surface area contributed by atoms with Gasteiger partial charge in [-0.05, 0) is 71.6 Å². The number of aromatic nitrogens is 2. The van der Waals surface area contributed by atoms with E-state index in [9.17, 15) is 0 Å². The molecule has 0 amide bonds. The molecule has 2 fully saturated rings. The van der Waals surface area contributed by atoms with Gasteiger partial charge < -0.3 is 0 Å². The van der Waals surface area contributed by atoms with E-state index in [1.165, 1.54) is 59.3 Å². The minimum Gasteiger partial charge on any atom is -0.260 e. The molecule has 2 heterocycles. The van der Waals surface area contributed by atoms with Crippen LogP contribution in [0.2, 0.25) is 0 Å². The van der Waals surface area contributed by atoms with Gasteiger partial charge >= 0.3 is 0 Å². The third kappa shape index (κ3) is 1.74. The molecule has 0 spiro atoms. The Morgan fingerprint density at radius 3 is 1.54 bits per heavy atom. The molecule has 0 aliphatic heterocycles. The van der Waals surface area contributed by atoms with Gasteiger partial charge in [-0.15, -0.1) is 0 Å². The van der Waals surface area contributed by atoms with Gasteiger partial charge in [0.1, 0.15) is 0 Å². The van der Waals surface area contributed by atoms with E-state index in [0.717, 1.165) is 11.8 Å². The van der Waals surface area contributed by atoms with Crippen LogP contribution in [-0.2, 0) is 12.8 Å². The standard InChI is InChI=1S/C24H28N2/c1-23(2)17-7-13-5-15(11-25-21(13)19(23)9-17)16-6-14-8-18-10-20(24(18,3)4)22(14)26-12-16/h5-6,11-12,17-20H,7-10H2,1-4H3/t17-,18-,19-,20-/m1/s1. The molecule has 8 rings (SSSR count). The molecule has 2 heteroatoms. The summed E-state index contributed by atoms with van der Waals surface area (Å²) in [6, 6.07) is 4.82. The lowest BCUT2D eigenvalue weighted by Gasteiger charge is -2.56. The normalized spacial score (nSPS) is 34.2. The van der Waals surface area contributed by atoms with Crippen LogP contribution in [0.4, 0.5) is 0 Å². The molecule has 0 saturated heterocycles.